The van der Waals surface area contributed by atoms with Crippen LogP contribution in [0.4, 0.5) is 0 Å². The molecule has 0 saturated carbocycles. The molecule has 0 aliphatic carbocycles. The molecule has 1 aromatic rings. The van der Waals surface area contributed by atoms with Gasteiger partial charge in [0.25, 0.3) is 0 Å². The number of hydrogen-bond acceptors (Lipinski definition) is 4. The summed E-state index contributed by atoms with van der Waals surface area (Å²) in [6, 6.07) is 10.2. The SMILES string of the molecule is O=C(CC1=CSC2=NCCN12)NCCc1ccccc1. The van der Waals surface area contributed by atoms with Gasteiger partial charge in [0, 0.05) is 18.8 Å². The molecule has 3 rings (SSSR count). The Bertz CT molecular complexity index is 553. The van der Waals surface area contributed by atoms with E-state index in [0.717, 1.165) is 30.4 Å². The first-order valence-corrected chi connectivity index (χ1v) is 7.69. The summed E-state index contributed by atoms with van der Waals surface area (Å²) in [5.41, 5.74) is 2.32. The highest BCUT2D eigenvalue weighted by Crippen LogP contribution is 2.30. The smallest absolute Gasteiger partial charge is 0.225 e. The molecule has 0 saturated heterocycles. The minimum Gasteiger partial charge on any atom is -0.355 e. The first-order chi connectivity index (χ1) is 9.83. The Morgan fingerprint density at radius 2 is 2.20 bits per heavy atom. The number of rotatable bonds is 5. The first-order valence-electron chi connectivity index (χ1n) is 6.81. The van der Waals surface area contributed by atoms with Gasteiger partial charge >= 0.3 is 0 Å². The van der Waals surface area contributed by atoms with Crippen molar-refractivity contribution in [3.8, 4) is 0 Å². The summed E-state index contributed by atoms with van der Waals surface area (Å²) >= 11 is 1.62. The number of aliphatic imine (C=N–C) groups is 1. The van der Waals surface area contributed by atoms with Gasteiger partial charge in [-0.05, 0) is 17.4 Å². The van der Waals surface area contributed by atoms with Gasteiger partial charge in [0.2, 0.25) is 5.91 Å². The van der Waals surface area contributed by atoms with E-state index in [1.165, 1.54) is 5.56 Å². The van der Waals surface area contributed by atoms with Gasteiger partial charge in [0.05, 0.1) is 13.0 Å². The van der Waals surface area contributed by atoms with Crippen LogP contribution in [0.15, 0.2) is 46.4 Å². The second kappa shape index (κ2) is 6.13. The number of benzene rings is 1. The quantitative estimate of drug-likeness (QED) is 0.901. The molecule has 1 aromatic carbocycles. The van der Waals surface area contributed by atoms with E-state index in [1.54, 1.807) is 11.8 Å². The molecule has 0 bridgehead atoms. The molecule has 2 heterocycles. The van der Waals surface area contributed by atoms with E-state index in [2.05, 4.69) is 27.3 Å². The fourth-order valence-corrected chi connectivity index (χ4v) is 3.29. The number of amidine groups is 1. The zero-order valence-electron chi connectivity index (χ0n) is 11.2. The average molecular weight is 287 g/mol. The number of hydrogen-bond donors (Lipinski definition) is 1. The molecule has 104 valence electrons. The van der Waals surface area contributed by atoms with E-state index in [-0.39, 0.29) is 5.91 Å². The van der Waals surface area contributed by atoms with Crippen LogP contribution in [0, 0.1) is 0 Å². The lowest BCUT2D eigenvalue weighted by Gasteiger charge is -2.16. The molecule has 2 aliphatic rings. The summed E-state index contributed by atoms with van der Waals surface area (Å²) in [5, 5.41) is 6.06. The third kappa shape index (κ3) is 3.04. The monoisotopic (exact) mass is 287 g/mol. The molecule has 0 atom stereocenters. The molecule has 1 N–H and O–H groups in total. The highest BCUT2D eigenvalue weighted by molar-refractivity contribution is 8.16. The van der Waals surface area contributed by atoms with Crippen LogP contribution in [0.5, 0.6) is 0 Å². The lowest BCUT2D eigenvalue weighted by molar-refractivity contribution is -0.120. The summed E-state index contributed by atoms with van der Waals surface area (Å²) in [6.45, 7) is 2.44. The highest BCUT2D eigenvalue weighted by atomic mass is 32.2. The zero-order valence-corrected chi connectivity index (χ0v) is 12.0. The van der Waals surface area contributed by atoms with Crippen molar-refractivity contribution in [2.75, 3.05) is 19.6 Å². The molecule has 0 unspecified atom stereocenters. The second-order valence-corrected chi connectivity index (χ2v) is 5.64. The lowest BCUT2D eigenvalue weighted by Crippen LogP contribution is -2.29. The van der Waals surface area contributed by atoms with Crippen LogP contribution in [0.25, 0.3) is 0 Å². The number of fused-ring (bicyclic) bond motifs is 1. The summed E-state index contributed by atoms with van der Waals surface area (Å²) in [7, 11) is 0. The van der Waals surface area contributed by atoms with Gasteiger partial charge in [0.15, 0.2) is 5.17 Å². The fraction of sp³-hybridized carbons (Fsp3) is 0.333. The van der Waals surface area contributed by atoms with Gasteiger partial charge in [0.1, 0.15) is 0 Å². The normalized spacial score (nSPS) is 16.7. The number of nitrogens with zero attached hydrogens (tertiary/aromatic N) is 2. The zero-order chi connectivity index (χ0) is 13.8. The Morgan fingerprint density at radius 3 is 3.05 bits per heavy atom. The summed E-state index contributed by atoms with van der Waals surface area (Å²) in [4.78, 5) is 18.5. The van der Waals surface area contributed by atoms with Gasteiger partial charge in [-0.1, -0.05) is 42.1 Å². The first kappa shape index (κ1) is 13.2. The van der Waals surface area contributed by atoms with Crippen molar-refractivity contribution >= 4 is 22.8 Å². The van der Waals surface area contributed by atoms with E-state index in [1.807, 2.05) is 23.6 Å². The third-order valence-corrected chi connectivity index (χ3v) is 4.32. The van der Waals surface area contributed by atoms with E-state index < -0.39 is 0 Å². The predicted octanol–water partition coefficient (Wildman–Crippen LogP) is 2.00. The average Bonchev–Trinajstić information content (AvgIpc) is 3.05. The van der Waals surface area contributed by atoms with Gasteiger partial charge < -0.3 is 10.2 Å². The fourth-order valence-electron chi connectivity index (χ4n) is 2.33. The molecule has 5 heteroatoms. The Morgan fingerprint density at radius 1 is 1.35 bits per heavy atom. The second-order valence-electron chi connectivity index (χ2n) is 4.81. The topological polar surface area (TPSA) is 44.7 Å². The van der Waals surface area contributed by atoms with Crippen LogP contribution >= 0.6 is 11.8 Å². The minimum absolute atomic E-state index is 0.0842. The van der Waals surface area contributed by atoms with Gasteiger partial charge in [-0.3, -0.25) is 9.79 Å². The van der Waals surface area contributed by atoms with E-state index >= 15 is 0 Å². The van der Waals surface area contributed by atoms with Crippen molar-refractivity contribution in [2.24, 2.45) is 4.99 Å². The van der Waals surface area contributed by atoms with Crippen LogP contribution in [0.3, 0.4) is 0 Å². The minimum atomic E-state index is 0.0842. The van der Waals surface area contributed by atoms with E-state index in [9.17, 15) is 4.79 Å². The van der Waals surface area contributed by atoms with Crippen molar-refractivity contribution in [2.45, 2.75) is 12.8 Å². The molecule has 20 heavy (non-hydrogen) atoms. The van der Waals surface area contributed by atoms with Gasteiger partial charge in [-0.25, -0.2) is 0 Å². The molecule has 0 fully saturated rings. The molecule has 0 aromatic heterocycles. The molecular formula is C15H17N3OS. The van der Waals surface area contributed by atoms with E-state index in [0.29, 0.717) is 13.0 Å². The highest BCUT2D eigenvalue weighted by Gasteiger charge is 2.27. The third-order valence-electron chi connectivity index (χ3n) is 3.37. The summed E-state index contributed by atoms with van der Waals surface area (Å²) in [6.07, 6.45) is 1.32. The van der Waals surface area contributed by atoms with Crippen LogP contribution in [0.1, 0.15) is 12.0 Å². The molecule has 2 aliphatic heterocycles. The molecule has 4 nitrogen and oxygen atoms in total. The Balaban J connectivity index is 1.43. The van der Waals surface area contributed by atoms with Crippen LogP contribution in [-0.2, 0) is 11.2 Å². The van der Waals surface area contributed by atoms with Crippen molar-refractivity contribution < 1.29 is 4.79 Å². The molecule has 1 amide bonds. The van der Waals surface area contributed by atoms with Crippen molar-refractivity contribution in [1.82, 2.24) is 10.2 Å². The Labute approximate surface area is 123 Å². The maximum atomic E-state index is 12.0. The van der Waals surface area contributed by atoms with Crippen LogP contribution < -0.4 is 5.32 Å². The van der Waals surface area contributed by atoms with Gasteiger partial charge in [-0.15, -0.1) is 0 Å². The Hall–Kier alpha value is -1.75. The number of thioether (sulfide) groups is 1. The van der Waals surface area contributed by atoms with Gasteiger partial charge in [-0.2, -0.15) is 0 Å². The maximum Gasteiger partial charge on any atom is 0.225 e. The maximum absolute atomic E-state index is 12.0. The summed E-state index contributed by atoms with van der Waals surface area (Å²) in [5.74, 6) is 0.0842. The number of amides is 1. The van der Waals surface area contributed by atoms with Crippen molar-refractivity contribution in [3.63, 3.8) is 0 Å². The molecule has 0 spiro atoms. The number of carbonyl (C=O) groups excluding carboxylic acids is 1. The Kier molecular flexibility index (Phi) is 4.06. The van der Waals surface area contributed by atoms with Crippen molar-refractivity contribution in [1.29, 1.82) is 0 Å². The van der Waals surface area contributed by atoms with Crippen molar-refractivity contribution in [3.05, 3.63) is 47.0 Å². The molecular weight excluding hydrogens is 270 g/mol. The number of carbonyl (C=O) groups is 1. The largest absolute Gasteiger partial charge is 0.355 e. The van der Waals surface area contributed by atoms with Crippen LogP contribution in [0.2, 0.25) is 0 Å². The molecule has 0 radical (unpaired) electrons. The lowest BCUT2D eigenvalue weighted by atomic mass is 10.1. The standard InChI is InChI=1S/C15H17N3OS/c19-14(16-7-6-12-4-2-1-3-5-12)10-13-11-20-15-17-8-9-18(13)15/h1-5,11H,6-10H2,(H,16,19). The number of nitrogens with one attached hydrogen (secondary N) is 1. The predicted molar refractivity (Wildman–Crippen MR) is 82.5 cm³/mol. The summed E-state index contributed by atoms with van der Waals surface area (Å²) < 4.78 is 0. The van der Waals surface area contributed by atoms with E-state index in [4.69, 9.17) is 0 Å². The van der Waals surface area contributed by atoms with Crippen LogP contribution in [-0.4, -0.2) is 35.6 Å².